The lowest BCUT2D eigenvalue weighted by molar-refractivity contribution is -0.149. The van der Waals surface area contributed by atoms with Crippen LogP contribution in [0.15, 0.2) is 0 Å². The zero-order valence-corrected chi connectivity index (χ0v) is 7.99. The van der Waals surface area contributed by atoms with Crippen molar-refractivity contribution < 1.29 is 14.7 Å². The van der Waals surface area contributed by atoms with E-state index in [1.165, 1.54) is 4.90 Å². The van der Waals surface area contributed by atoms with Crippen LogP contribution in [0.25, 0.3) is 0 Å². The molecule has 4 heteroatoms. The van der Waals surface area contributed by atoms with Gasteiger partial charge in [-0.15, -0.1) is 0 Å². The van der Waals surface area contributed by atoms with Crippen LogP contribution in [0.1, 0.15) is 26.7 Å². The largest absolute Gasteiger partial charge is 0.480 e. The van der Waals surface area contributed by atoms with Gasteiger partial charge in [-0.1, -0.05) is 13.8 Å². The van der Waals surface area contributed by atoms with E-state index < -0.39 is 12.0 Å². The lowest BCUT2D eigenvalue weighted by Crippen LogP contribution is -2.42. The summed E-state index contributed by atoms with van der Waals surface area (Å²) in [7, 11) is 0. The van der Waals surface area contributed by atoms with Gasteiger partial charge in [-0.25, -0.2) is 4.79 Å². The number of carboxylic acids is 1. The van der Waals surface area contributed by atoms with Gasteiger partial charge in [0, 0.05) is 12.5 Å². The summed E-state index contributed by atoms with van der Waals surface area (Å²) in [5.41, 5.74) is 0. The average molecular weight is 185 g/mol. The molecule has 1 aliphatic rings. The van der Waals surface area contributed by atoms with E-state index in [0.717, 1.165) is 6.42 Å². The van der Waals surface area contributed by atoms with E-state index in [-0.39, 0.29) is 11.8 Å². The minimum atomic E-state index is -0.883. The lowest BCUT2D eigenvalue weighted by Gasteiger charge is -2.23. The van der Waals surface area contributed by atoms with E-state index in [2.05, 4.69) is 0 Å². The lowest BCUT2D eigenvalue weighted by atomic mass is 10.1. The van der Waals surface area contributed by atoms with Crippen LogP contribution >= 0.6 is 0 Å². The molecule has 0 aromatic heterocycles. The number of hydrogen-bond donors (Lipinski definition) is 1. The maximum absolute atomic E-state index is 11.5. The number of carboxylic acid groups (broad SMARTS) is 1. The Morgan fingerprint density at radius 1 is 1.46 bits per heavy atom. The second kappa shape index (κ2) is 3.77. The summed E-state index contributed by atoms with van der Waals surface area (Å²) < 4.78 is 0. The van der Waals surface area contributed by atoms with Crippen molar-refractivity contribution in [1.29, 1.82) is 0 Å². The van der Waals surface area contributed by atoms with Crippen LogP contribution in [-0.2, 0) is 9.59 Å². The standard InChI is InChI=1S/C9H15NO3/c1-6(2)8(11)10-5-3-4-7(10)9(12)13/h6-7H,3-5H2,1-2H3,(H,12,13)/t7-/m1/s1. The second-order valence-electron chi connectivity index (χ2n) is 3.68. The van der Waals surface area contributed by atoms with Gasteiger partial charge < -0.3 is 10.0 Å². The molecule has 1 heterocycles. The number of aliphatic carboxylic acids is 1. The van der Waals surface area contributed by atoms with Crippen LogP contribution in [0.3, 0.4) is 0 Å². The molecule has 4 nitrogen and oxygen atoms in total. The maximum atomic E-state index is 11.5. The van der Waals surface area contributed by atoms with Gasteiger partial charge >= 0.3 is 5.97 Å². The first-order valence-corrected chi connectivity index (χ1v) is 4.57. The van der Waals surface area contributed by atoms with Crippen molar-refractivity contribution in [2.45, 2.75) is 32.7 Å². The molecule has 0 unspecified atom stereocenters. The quantitative estimate of drug-likeness (QED) is 0.689. The molecular formula is C9H15NO3. The molecule has 0 aromatic rings. The first kappa shape index (κ1) is 10.0. The van der Waals surface area contributed by atoms with Crippen molar-refractivity contribution in [3.05, 3.63) is 0 Å². The third-order valence-electron chi connectivity index (χ3n) is 2.31. The molecule has 1 rings (SSSR count). The summed E-state index contributed by atoms with van der Waals surface area (Å²) in [6, 6.07) is -0.588. The highest BCUT2D eigenvalue weighted by molar-refractivity contribution is 5.85. The molecule has 0 radical (unpaired) electrons. The third kappa shape index (κ3) is 1.99. The number of amides is 1. The minimum absolute atomic E-state index is 0.0510. The van der Waals surface area contributed by atoms with E-state index in [1.54, 1.807) is 13.8 Å². The number of nitrogens with zero attached hydrogens (tertiary/aromatic N) is 1. The molecular weight excluding hydrogens is 170 g/mol. The number of rotatable bonds is 2. The molecule has 0 aliphatic carbocycles. The first-order chi connectivity index (χ1) is 6.04. The summed E-state index contributed by atoms with van der Waals surface area (Å²) in [4.78, 5) is 23.7. The number of likely N-dealkylation sites (tertiary alicyclic amines) is 1. The maximum Gasteiger partial charge on any atom is 0.326 e. The zero-order chi connectivity index (χ0) is 10.0. The Morgan fingerprint density at radius 2 is 2.08 bits per heavy atom. The molecule has 0 saturated carbocycles. The van der Waals surface area contributed by atoms with Crippen molar-refractivity contribution in [3.8, 4) is 0 Å². The van der Waals surface area contributed by atoms with Crippen molar-refractivity contribution in [3.63, 3.8) is 0 Å². The fourth-order valence-corrected chi connectivity index (χ4v) is 1.62. The van der Waals surface area contributed by atoms with E-state index in [1.807, 2.05) is 0 Å². The molecule has 74 valence electrons. The molecule has 13 heavy (non-hydrogen) atoms. The number of carbonyl (C=O) groups is 2. The first-order valence-electron chi connectivity index (χ1n) is 4.57. The summed E-state index contributed by atoms with van der Waals surface area (Å²) in [6.45, 7) is 4.17. The van der Waals surface area contributed by atoms with Gasteiger partial charge in [-0.3, -0.25) is 4.79 Å². The molecule has 1 aliphatic heterocycles. The Bertz CT molecular complexity index is 225. The van der Waals surface area contributed by atoms with Crippen molar-refractivity contribution in [2.75, 3.05) is 6.54 Å². The average Bonchev–Trinajstić information content (AvgIpc) is 2.50. The Balaban J connectivity index is 2.68. The zero-order valence-electron chi connectivity index (χ0n) is 7.99. The van der Waals surface area contributed by atoms with Crippen LogP contribution in [0.5, 0.6) is 0 Å². The molecule has 1 N–H and O–H groups in total. The Morgan fingerprint density at radius 3 is 2.54 bits per heavy atom. The van der Waals surface area contributed by atoms with Gasteiger partial charge in [-0.2, -0.15) is 0 Å². The monoisotopic (exact) mass is 185 g/mol. The van der Waals surface area contributed by atoms with Gasteiger partial charge in [0.05, 0.1) is 0 Å². The van der Waals surface area contributed by atoms with Crippen LogP contribution in [-0.4, -0.2) is 34.5 Å². The predicted molar refractivity (Wildman–Crippen MR) is 47.2 cm³/mol. The van der Waals surface area contributed by atoms with Gasteiger partial charge in [0.1, 0.15) is 6.04 Å². The summed E-state index contributed by atoms with van der Waals surface area (Å²) in [6.07, 6.45) is 1.39. The molecule has 1 amide bonds. The van der Waals surface area contributed by atoms with Gasteiger partial charge in [-0.05, 0) is 12.8 Å². The van der Waals surface area contributed by atoms with Crippen LogP contribution in [0.4, 0.5) is 0 Å². The molecule has 1 fully saturated rings. The molecule has 0 aromatic carbocycles. The second-order valence-corrected chi connectivity index (χ2v) is 3.68. The smallest absolute Gasteiger partial charge is 0.326 e. The van der Waals surface area contributed by atoms with Crippen molar-refractivity contribution in [2.24, 2.45) is 5.92 Å². The highest BCUT2D eigenvalue weighted by atomic mass is 16.4. The normalized spacial score (nSPS) is 22.4. The molecule has 0 bridgehead atoms. The van der Waals surface area contributed by atoms with E-state index in [9.17, 15) is 9.59 Å². The Hall–Kier alpha value is -1.06. The third-order valence-corrected chi connectivity index (χ3v) is 2.31. The SMILES string of the molecule is CC(C)C(=O)N1CCC[C@@H]1C(=O)O. The minimum Gasteiger partial charge on any atom is -0.480 e. The Kier molecular flexibility index (Phi) is 2.90. The van der Waals surface area contributed by atoms with Crippen LogP contribution < -0.4 is 0 Å². The van der Waals surface area contributed by atoms with Crippen molar-refractivity contribution >= 4 is 11.9 Å². The fourth-order valence-electron chi connectivity index (χ4n) is 1.62. The summed E-state index contributed by atoms with van der Waals surface area (Å²) in [5.74, 6) is -1.05. The molecule has 1 saturated heterocycles. The van der Waals surface area contributed by atoms with Crippen LogP contribution in [0, 0.1) is 5.92 Å². The van der Waals surface area contributed by atoms with E-state index in [4.69, 9.17) is 5.11 Å². The van der Waals surface area contributed by atoms with Gasteiger partial charge in [0.15, 0.2) is 0 Å². The van der Waals surface area contributed by atoms with E-state index >= 15 is 0 Å². The predicted octanol–water partition coefficient (Wildman–Crippen LogP) is 0.718. The topological polar surface area (TPSA) is 57.6 Å². The Labute approximate surface area is 77.5 Å². The summed E-state index contributed by atoms with van der Waals surface area (Å²) in [5, 5.41) is 8.82. The van der Waals surface area contributed by atoms with Gasteiger partial charge in [0.2, 0.25) is 5.91 Å². The highest BCUT2D eigenvalue weighted by Gasteiger charge is 2.34. The fraction of sp³-hybridized carbons (Fsp3) is 0.778. The molecule has 1 atom stereocenters. The van der Waals surface area contributed by atoms with Crippen LogP contribution in [0.2, 0.25) is 0 Å². The molecule has 0 spiro atoms. The van der Waals surface area contributed by atoms with Gasteiger partial charge in [0.25, 0.3) is 0 Å². The number of carbonyl (C=O) groups excluding carboxylic acids is 1. The summed E-state index contributed by atoms with van der Waals surface area (Å²) >= 11 is 0. The van der Waals surface area contributed by atoms with Crippen molar-refractivity contribution in [1.82, 2.24) is 4.90 Å². The van der Waals surface area contributed by atoms with E-state index in [0.29, 0.717) is 13.0 Å². The number of hydrogen-bond acceptors (Lipinski definition) is 2. The highest BCUT2D eigenvalue weighted by Crippen LogP contribution is 2.19.